The van der Waals surface area contributed by atoms with Gasteiger partial charge in [-0.15, -0.1) is 0 Å². The van der Waals surface area contributed by atoms with Crippen LogP contribution in [-0.2, 0) is 20.7 Å². The van der Waals surface area contributed by atoms with Crippen molar-refractivity contribution in [1.29, 1.82) is 0 Å². The van der Waals surface area contributed by atoms with Crippen LogP contribution in [0.1, 0.15) is 12.3 Å². The van der Waals surface area contributed by atoms with Crippen molar-refractivity contribution in [3.63, 3.8) is 0 Å². The van der Waals surface area contributed by atoms with E-state index in [4.69, 9.17) is 9.15 Å². The van der Waals surface area contributed by atoms with Crippen LogP contribution in [0.5, 0.6) is 0 Å². The number of nitrogens with zero attached hydrogens (tertiary/aromatic N) is 5. The highest BCUT2D eigenvalue weighted by molar-refractivity contribution is 5.81. The third-order valence-electron chi connectivity index (χ3n) is 4.71. The lowest BCUT2D eigenvalue weighted by molar-refractivity contribution is -0.152. The number of rotatable bonds is 6. The second kappa shape index (κ2) is 8.68. The summed E-state index contributed by atoms with van der Waals surface area (Å²) < 4.78 is 10.7. The van der Waals surface area contributed by atoms with Crippen LogP contribution < -0.4 is 4.90 Å². The van der Waals surface area contributed by atoms with E-state index in [1.165, 1.54) is 0 Å². The van der Waals surface area contributed by atoms with Crippen LogP contribution in [0.2, 0.25) is 0 Å². The van der Waals surface area contributed by atoms with Crippen LogP contribution in [0.15, 0.2) is 47.1 Å². The molecule has 1 aliphatic rings. The predicted octanol–water partition coefficient (Wildman–Crippen LogP) is 1.44. The van der Waals surface area contributed by atoms with Crippen molar-refractivity contribution >= 4 is 28.9 Å². The van der Waals surface area contributed by atoms with Crippen molar-refractivity contribution < 1.29 is 18.7 Å². The van der Waals surface area contributed by atoms with Gasteiger partial charge in [-0.1, -0.05) is 12.1 Å². The number of amides is 1. The summed E-state index contributed by atoms with van der Waals surface area (Å²) in [6, 6.07) is 9.18. The van der Waals surface area contributed by atoms with Gasteiger partial charge in [0.1, 0.15) is 5.52 Å². The number of piperazine rings is 1. The van der Waals surface area contributed by atoms with Gasteiger partial charge in [-0.2, -0.15) is 0 Å². The van der Waals surface area contributed by atoms with Crippen LogP contribution in [0.4, 0.5) is 5.95 Å². The van der Waals surface area contributed by atoms with Crippen molar-refractivity contribution in [1.82, 2.24) is 19.9 Å². The Morgan fingerprint density at radius 1 is 1.03 bits per heavy atom. The number of carbonyl (C=O) groups is 2. The highest BCUT2D eigenvalue weighted by atomic mass is 16.5. The van der Waals surface area contributed by atoms with E-state index in [9.17, 15) is 9.59 Å². The monoisotopic (exact) mass is 395 g/mol. The Morgan fingerprint density at radius 2 is 1.79 bits per heavy atom. The van der Waals surface area contributed by atoms with E-state index in [1.807, 2.05) is 29.2 Å². The molecular weight excluding hydrogens is 374 g/mol. The molecular formula is C20H21N5O4. The van der Waals surface area contributed by atoms with Gasteiger partial charge in [0, 0.05) is 45.0 Å². The largest absolute Gasteiger partial charge is 0.456 e. The molecule has 0 bridgehead atoms. The summed E-state index contributed by atoms with van der Waals surface area (Å²) in [4.78, 5) is 40.7. The maximum Gasteiger partial charge on any atom is 0.306 e. The minimum absolute atomic E-state index is 0.110. The average Bonchev–Trinajstić information content (AvgIpc) is 3.20. The molecule has 1 aromatic carbocycles. The van der Waals surface area contributed by atoms with Crippen LogP contribution in [-0.4, -0.2) is 64.5 Å². The third-order valence-corrected chi connectivity index (χ3v) is 4.71. The molecule has 9 nitrogen and oxygen atoms in total. The Kier molecular flexibility index (Phi) is 5.64. The van der Waals surface area contributed by atoms with Crippen LogP contribution in [0, 0.1) is 0 Å². The van der Waals surface area contributed by atoms with Gasteiger partial charge in [-0.3, -0.25) is 9.59 Å². The number of hydrogen-bond acceptors (Lipinski definition) is 8. The summed E-state index contributed by atoms with van der Waals surface area (Å²) in [6.45, 7) is 2.10. The minimum Gasteiger partial charge on any atom is -0.456 e. The number of anilines is 1. The number of aromatic nitrogens is 3. The van der Waals surface area contributed by atoms with E-state index in [0.29, 0.717) is 50.0 Å². The molecule has 2 aromatic heterocycles. The molecule has 150 valence electrons. The first kappa shape index (κ1) is 18.9. The molecule has 3 aromatic rings. The zero-order valence-electron chi connectivity index (χ0n) is 15.9. The molecule has 4 rings (SSSR count). The molecule has 0 unspecified atom stereocenters. The summed E-state index contributed by atoms with van der Waals surface area (Å²) in [7, 11) is 0. The number of esters is 1. The van der Waals surface area contributed by atoms with Gasteiger partial charge in [0.25, 0.3) is 5.91 Å². The van der Waals surface area contributed by atoms with Gasteiger partial charge in [0.05, 0.1) is 6.42 Å². The van der Waals surface area contributed by atoms with Crippen LogP contribution >= 0.6 is 0 Å². The SMILES string of the molecule is O=C(CCc1nc2ccccc2o1)OCC(=O)N1CCN(c2ncccn2)CC1. The highest BCUT2D eigenvalue weighted by Gasteiger charge is 2.23. The summed E-state index contributed by atoms with van der Waals surface area (Å²) in [5.41, 5.74) is 1.44. The van der Waals surface area contributed by atoms with Gasteiger partial charge in [0.2, 0.25) is 5.95 Å². The van der Waals surface area contributed by atoms with Gasteiger partial charge in [0.15, 0.2) is 18.1 Å². The van der Waals surface area contributed by atoms with Crippen molar-refractivity contribution in [2.24, 2.45) is 0 Å². The molecule has 0 aliphatic carbocycles. The first-order valence-electron chi connectivity index (χ1n) is 9.49. The molecule has 1 saturated heterocycles. The van der Waals surface area contributed by atoms with Crippen LogP contribution in [0.3, 0.4) is 0 Å². The predicted molar refractivity (Wildman–Crippen MR) is 104 cm³/mol. The summed E-state index contributed by atoms with van der Waals surface area (Å²) >= 11 is 0. The van der Waals surface area contributed by atoms with Crippen molar-refractivity contribution in [2.75, 3.05) is 37.7 Å². The number of carbonyl (C=O) groups excluding carboxylic acids is 2. The quantitative estimate of drug-likeness (QED) is 0.578. The van der Waals surface area contributed by atoms with Crippen LogP contribution in [0.25, 0.3) is 11.1 Å². The van der Waals surface area contributed by atoms with E-state index in [2.05, 4.69) is 15.0 Å². The molecule has 1 amide bonds. The Hall–Kier alpha value is -3.49. The van der Waals surface area contributed by atoms with E-state index < -0.39 is 5.97 Å². The number of para-hydroxylation sites is 2. The van der Waals surface area contributed by atoms with Crippen molar-refractivity contribution in [2.45, 2.75) is 12.8 Å². The molecule has 3 heterocycles. The number of aryl methyl sites for hydroxylation is 1. The lowest BCUT2D eigenvalue weighted by Gasteiger charge is -2.34. The number of benzene rings is 1. The maximum atomic E-state index is 12.3. The second-order valence-electron chi connectivity index (χ2n) is 6.65. The van der Waals surface area contributed by atoms with E-state index in [1.54, 1.807) is 23.4 Å². The number of hydrogen-bond donors (Lipinski definition) is 0. The highest BCUT2D eigenvalue weighted by Crippen LogP contribution is 2.16. The molecule has 0 N–H and O–H groups in total. The molecule has 0 spiro atoms. The van der Waals surface area contributed by atoms with Gasteiger partial charge >= 0.3 is 5.97 Å². The summed E-state index contributed by atoms with van der Waals surface area (Å²) in [5.74, 6) is 0.490. The molecule has 0 radical (unpaired) electrons. The van der Waals surface area contributed by atoms with Gasteiger partial charge in [-0.05, 0) is 18.2 Å². The van der Waals surface area contributed by atoms with Crippen molar-refractivity contribution in [3.8, 4) is 0 Å². The Labute approximate surface area is 167 Å². The lowest BCUT2D eigenvalue weighted by atomic mass is 10.3. The fourth-order valence-electron chi connectivity index (χ4n) is 3.15. The van der Waals surface area contributed by atoms with E-state index in [-0.39, 0.29) is 18.9 Å². The first-order chi connectivity index (χ1) is 14.2. The average molecular weight is 395 g/mol. The minimum atomic E-state index is -0.447. The number of ether oxygens (including phenoxy) is 1. The molecule has 1 aliphatic heterocycles. The Balaban J connectivity index is 1.19. The van der Waals surface area contributed by atoms with E-state index >= 15 is 0 Å². The van der Waals surface area contributed by atoms with Gasteiger partial charge in [-0.25, -0.2) is 15.0 Å². The maximum absolute atomic E-state index is 12.3. The van der Waals surface area contributed by atoms with E-state index in [0.717, 1.165) is 5.52 Å². The number of oxazole rings is 1. The van der Waals surface area contributed by atoms with Gasteiger partial charge < -0.3 is 19.0 Å². The standard InChI is InChI=1S/C20H21N5O4/c26-18(24-10-12-25(13-11-24)20-21-8-3-9-22-20)14-28-19(27)7-6-17-23-15-4-1-2-5-16(15)29-17/h1-5,8-9H,6-7,10-14H2. The molecule has 1 fully saturated rings. The second-order valence-corrected chi connectivity index (χ2v) is 6.65. The summed E-state index contributed by atoms with van der Waals surface area (Å²) in [6.07, 6.45) is 3.83. The first-order valence-corrected chi connectivity index (χ1v) is 9.49. The molecule has 9 heteroatoms. The summed E-state index contributed by atoms with van der Waals surface area (Å²) in [5, 5.41) is 0. The zero-order valence-corrected chi connectivity index (χ0v) is 15.9. The molecule has 29 heavy (non-hydrogen) atoms. The Bertz CT molecular complexity index is 950. The zero-order chi connectivity index (χ0) is 20.1. The molecule has 0 saturated carbocycles. The third kappa shape index (κ3) is 4.68. The van der Waals surface area contributed by atoms with Crippen molar-refractivity contribution in [3.05, 3.63) is 48.6 Å². The molecule has 0 atom stereocenters. The topological polar surface area (TPSA) is 102 Å². The number of fused-ring (bicyclic) bond motifs is 1. The smallest absolute Gasteiger partial charge is 0.306 e. The fourth-order valence-corrected chi connectivity index (χ4v) is 3.15. The normalized spacial score (nSPS) is 14.2. The Morgan fingerprint density at radius 3 is 2.55 bits per heavy atom. The fraction of sp³-hybridized carbons (Fsp3) is 0.350. The lowest BCUT2D eigenvalue weighted by Crippen LogP contribution is -2.50.